The summed E-state index contributed by atoms with van der Waals surface area (Å²) >= 11 is 0. The van der Waals surface area contributed by atoms with E-state index in [4.69, 9.17) is 4.52 Å². The van der Waals surface area contributed by atoms with Gasteiger partial charge in [-0.25, -0.2) is 0 Å². The average molecular weight is 298 g/mol. The van der Waals surface area contributed by atoms with E-state index in [1.165, 1.54) is 18.4 Å². The number of halogens is 1. The standard InChI is InChI=1S/C14H19N3O2.ClH/c1-17(14(18)11-6-4-8-15-11)9-12-10-5-2-3-7-13(10)19-16-12;/h4,6,11,15H,2-3,5,7-9H2,1H3;1H. The van der Waals surface area contributed by atoms with Gasteiger partial charge in [0.2, 0.25) is 5.91 Å². The Hall–Kier alpha value is -1.33. The van der Waals surface area contributed by atoms with Crippen molar-refractivity contribution >= 4 is 18.3 Å². The lowest BCUT2D eigenvalue weighted by atomic mass is 9.96. The topological polar surface area (TPSA) is 58.4 Å². The number of carbonyl (C=O) groups is 1. The van der Waals surface area contributed by atoms with Crippen LogP contribution in [0.1, 0.15) is 29.9 Å². The zero-order valence-corrected chi connectivity index (χ0v) is 12.4. The van der Waals surface area contributed by atoms with Crippen molar-refractivity contribution in [2.24, 2.45) is 0 Å². The smallest absolute Gasteiger partial charge is 0.243 e. The molecular weight excluding hydrogens is 278 g/mol. The molecule has 1 aromatic rings. The number of hydrogen-bond acceptors (Lipinski definition) is 4. The highest BCUT2D eigenvalue weighted by Crippen LogP contribution is 2.24. The van der Waals surface area contributed by atoms with Gasteiger partial charge < -0.3 is 9.42 Å². The highest BCUT2D eigenvalue weighted by molar-refractivity contribution is 5.85. The normalized spacial score (nSPS) is 20.4. The summed E-state index contributed by atoms with van der Waals surface area (Å²) in [5.41, 5.74) is 2.15. The van der Waals surface area contributed by atoms with Crippen molar-refractivity contribution in [3.63, 3.8) is 0 Å². The van der Waals surface area contributed by atoms with Gasteiger partial charge in [-0.05, 0) is 19.3 Å². The lowest BCUT2D eigenvalue weighted by Gasteiger charge is -2.20. The number of aromatic nitrogens is 1. The maximum Gasteiger partial charge on any atom is 0.243 e. The number of carbonyl (C=O) groups excluding carboxylic acids is 1. The minimum absolute atomic E-state index is 0. The van der Waals surface area contributed by atoms with Crippen LogP contribution in [0, 0.1) is 0 Å². The molecule has 0 saturated heterocycles. The third kappa shape index (κ3) is 2.88. The van der Waals surface area contributed by atoms with Gasteiger partial charge in [0.15, 0.2) is 0 Å². The summed E-state index contributed by atoms with van der Waals surface area (Å²) in [6, 6.07) is -0.187. The molecule has 0 aromatic carbocycles. The zero-order chi connectivity index (χ0) is 13.2. The number of nitrogens with zero attached hydrogens (tertiary/aromatic N) is 2. The van der Waals surface area contributed by atoms with Crippen molar-refractivity contribution in [1.82, 2.24) is 15.4 Å². The van der Waals surface area contributed by atoms with Crippen LogP contribution in [-0.2, 0) is 24.2 Å². The fourth-order valence-corrected chi connectivity index (χ4v) is 2.75. The van der Waals surface area contributed by atoms with Gasteiger partial charge >= 0.3 is 0 Å². The third-order valence-electron chi connectivity index (χ3n) is 3.84. The molecule has 0 spiro atoms. The maximum atomic E-state index is 12.2. The summed E-state index contributed by atoms with van der Waals surface area (Å²) < 4.78 is 5.38. The second-order valence-corrected chi connectivity index (χ2v) is 5.25. The number of hydrogen-bond donors (Lipinski definition) is 1. The maximum absolute atomic E-state index is 12.2. The molecule has 2 heterocycles. The van der Waals surface area contributed by atoms with Gasteiger partial charge in [0.05, 0.1) is 6.54 Å². The van der Waals surface area contributed by atoms with Gasteiger partial charge in [-0.3, -0.25) is 10.1 Å². The molecule has 6 heteroatoms. The number of likely N-dealkylation sites (N-methyl/N-ethyl adjacent to an activating group) is 1. The highest BCUT2D eigenvalue weighted by atomic mass is 35.5. The van der Waals surface area contributed by atoms with Crippen molar-refractivity contribution in [2.75, 3.05) is 13.6 Å². The van der Waals surface area contributed by atoms with Crippen molar-refractivity contribution in [2.45, 2.75) is 38.3 Å². The van der Waals surface area contributed by atoms with Crippen LogP contribution in [0.2, 0.25) is 0 Å². The fraction of sp³-hybridized carbons (Fsp3) is 0.571. The molecule has 0 saturated carbocycles. The minimum Gasteiger partial charge on any atom is -0.361 e. The van der Waals surface area contributed by atoms with E-state index >= 15 is 0 Å². The Morgan fingerprint density at radius 1 is 1.50 bits per heavy atom. The quantitative estimate of drug-likeness (QED) is 0.858. The van der Waals surface area contributed by atoms with E-state index in [-0.39, 0.29) is 24.4 Å². The zero-order valence-electron chi connectivity index (χ0n) is 11.6. The van der Waals surface area contributed by atoms with Crippen LogP contribution in [-0.4, -0.2) is 35.6 Å². The number of fused-ring (bicyclic) bond motifs is 1. The second kappa shape index (κ2) is 6.41. The summed E-state index contributed by atoms with van der Waals surface area (Å²) in [6.45, 7) is 1.30. The second-order valence-electron chi connectivity index (χ2n) is 5.25. The summed E-state index contributed by atoms with van der Waals surface area (Å²) in [4.78, 5) is 13.9. The molecule has 3 rings (SSSR count). The first-order valence-electron chi connectivity index (χ1n) is 6.87. The van der Waals surface area contributed by atoms with Gasteiger partial charge in [0.1, 0.15) is 17.5 Å². The fourth-order valence-electron chi connectivity index (χ4n) is 2.75. The number of amides is 1. The lowest BCUT2D eigenvalue weighted by Crippen LogP contribution is -2.41. The molecule has 0 fully saturated rings. The van der Waals surface area contributed by atoms with Crippen molar-refractivity contribution < 1.29 is 9.32 Å². The molecule has 110 valence electrons. The van der Waals surface area contributed by atoms with Gasteiger partial charge in [0, 0.05) is 25.6 Å². The molecule has 1 unspecified atom stereocenters. The molecule has 1 N–H and O–H groups in total. The van der Waals surface area contributed by atoms with E-state index in [1.54, 1.807) is 4.90 Å². The van der Waals surface area contributed by atoms with E-state index in [1.807, 2.05) is 19.2 Å². The van der Waals surface area contributed by atoms with Crippen LogP contribution >= 0.6 is 12.4 Å². The molecule has 0 bridgehead atoms. The molecule has 5 nitrogen and oxygen atoms in total. The van der Waals surface area contributed by atoms with Gasteiger partial charge in [-0.15, -0.1) is 12.4 Å². The predicted molar refractivity (Wildman–Crippen MR) is 77.8 cm³/mol. The highest BCUT2D eigenvalue weighted by Gasteiger charge is 2.25. The van der Waals surface area contributed by atoms with Crippen LogP contribution in [0.15, 0.2) is 16.7 Å². The molecule has 0 radical (unpaired) electrons. The number of rotatable bonds is 3. The van der Waals surface area contributed by atoms with Crippen molar-refractivity contribution in [1.29, 1.82) is 0 Å². The summed E-state index contributed by atoms with van der Waals surface area (Å²) in [5, 5.41) is 7.27. The molecule has 20 heavy (non-hydrogen) atoms. The Kier molecular flexibility index (Phi) is 4.83. The monoisotopic (exact) mass is 297 g/mol. The van der Waals surface area contributed by atoms with Crippen LogP contribution in [0.3, 0.4) is 0 Å². The van der Waals surface area contributed by atoms with E-state index in [0.717, 1.165) is 30.8 Å². The third-order valence-corrected chi connectivity index (χ3v) is 3.84. The summed E-state index contributed by atoms with van der Waals surface area (Å²) in [7, 11) is 1.82. The molecule has 1 aliphatic heterocycles. The van der Waals surface area contributed by atoms with Crippen LogP contribution in [0.4, 0.5) is 0 Å². The Morgan fingerprint density at radius 3 is 3.05 bits per heavy atom. The Morgan fingerprint density at radius 2 is 2.30 bits per heavy atom. The molecule has 1 atom stereocenters. The largest absolute Gasteiger partial charge is 0.361 e. The first-order chi connectivity index (χ1) is 9.25. The Bertz CT molecular complexity index is 513. The minimum atomic E-state index is -0.187. The molecule has 1 aromatic heterocycles. The van der Waals surface area contributed by atoms with Gasteiger partial charge in [-0.2, -0.15) is 0 Å². The Balaban J connectivity index is 0.00000147. The molecular formula is C14H20ClN3O2. The Labute approximate surface area is 124 Å². The number of nitrogens with one attached hydrogen (secondary N) is 1. The van der Waals surface area contributed by atoms with E-state index in [2.05, 4.69) is 10.5 Å². The molecule has 1 amide bonds. The van der Waals surface area contributed by atoms with E-state index in [9.17, 15) is 4.79 Å². The average Bonchev–Trinajstić information content (AvgIpc) is 3.08. The van der Waals surface area contributed by atoms with Gasteiger partial charge in [-0.1, -0.05) is 17.3 Å². The van der Waals surface area contributed by atoms with E-state index < -0.39 is 0 Å². The SMILES string of the molecule is CN(Cc1noc2c1CCCC2)C(=O)C1C=CCN1.Cl. The number of aryl methyl sites for hydroxylation is 1. The van der Waals surface area contributed by atoms with Crippen LogP contribution in [0.25, 0.3) is 0 Å². The first kappa shape index (κ1) is 15.1. The lowest BCUT2D eigenvalue weighted by molar-refractivity contribution is -0.131. The summed E-state index contributed by atoms with van der Waals surface area (Å²) in [5.74, 6) is 1.10. The van der Waals surface area contributed by atoms with Crippen LogP contribution in [0.5, 0.6) is 0 Å². The van der Waals surface area contributed by atoms with Crippen LogP contribution < -0.4 is 5.32 Å². The van der Waals surface area contributed by atoms with Crippen molar-refractivity contribution in [3.8, 4) is 0 Å². The molecule has 2 aliphatic rings. The predicted octanol–water partition coefficient (Wildman–Crippen LogP) is 1.46. The molecule has 1 aliphatic carbocycles. The summed E-state index contributed by atoms with van der Waals surface area (Å²) in [6.07, 6.45) is 8.26. The first-order valence-corrected chi connectivity index (χ1v) is 6.87. The van der Waals surface area contributed by atoms with Crippen molar-refractivity contribution in [3.05, 3.63) is 29.2 Å². The van der Waals surface area contributed by atoms with Gasteiger partial charge in [0.25, 0.3) is 0 Å². The van der Waals surface area contributed by atoms with E-state index in [0.29, 0.717) is 6.54 Å².